The summed E-state index contributed by atoms with van der Waals surface area (Å²) >= 11 is 7.22. The van der Waals surface area contributed by atoms with Gasteiger partial charge in [0.05, 0.1) is 28.5 Å². The number of rotatable bonds is 7. The molecule has 0 N–H and O–H groups in total. The lowest BCUT2D eigenvalue weighted by Crippen LogP contribution is -2.39. The van der Waals surface area contributed by atoms with Crippen molar-refractivity contribution in [2.45, 2.75) is 26.5 Å². The Kier molecular flexibility index (Phi) is 7.38. The molecule has 1 atom stereocenters. The summed E-state index contributed by atoms with van der Waals surface area (Å²) in [7, 11) is 0. The van der Waals surface area contributed by atoms with Gasteiger partial charge in [-0.05, 0) is 73.0 Å². The van der Waals surface area contributed by atoms with E-state index in [4.69, 9.17) is 30.5 Å². The Morgan fingerprint density at radius 3 is 2.61 bits per heavy atom. The van der Waals surface area contributed by atoms with E-state index in [1.54, 1.807) is 30.5 Å². The topological polar surface area (TPSA) is 88.4 Å². The van der Waals surface area contributed by atoms with Gasteiger partial charge in [0.15, 0.2) is 16.3 Å². The van der Waals surface area contributed by atoms with Crippen molar-refractivity contribution in [1.29, 1.82) is 0 Å². The van der Waals surface area contributed by atoms with E-state index in [1.165, 1.54) is 11.3 Å². The van der Waals surface area contributed by atoms with Crippen LogP contribution >= 0.6 is 22.9 Å². The fourth-order valence-corrected chi connectivity index (χ4v) is 5.92. The Morgan fingerprint density at radius 2 is 1.85 bits per heavy atom. The number of fused-ring (bicyclic) bond motifs is 2. The zero-order chi connectivity index (χ0) is 28.5. The highest BCUT2D eigenvalue weighted by molar-refractivity contribution is 7.07. The molecule has 2 aliphatic heterocycles. The number of nitrogens with zero attached hydrogens (tertiary/aromatic N) is 2. The van der Waals surface area contributed by atoms with Gasteiger partial charge in [-0.1, -0.05) is 53.3 Å². The van der Waals surface area contributed by atoms with Crippen molar-refractivity contribution in [3.05, 3.63) is 119 Å². The minimum absolute atomic E-state index is 0.117. The van der Waals surface area contributed by atoms with Crippen LogP contribution in [0, 0.1) is 0 Å². The molecule has 2 aliphatic rings. The summed E-state index contributed by atoms with van der Waals surface area (Å²) in [5, 5.41) is 0.679. The number of hydrogen-bond acceptors (Lipinski definition) is 8. The van der Waals surface area contributed by atoms with E-state index in [0.717, 1.165) is 11.1 Å². The molecule has 6 rings (SSSR count). The molecule has 0 aliphatic carbocycles. The second-order valence-electron chi connectivity index (χ2n) is 9.40. The van der Waals surface area contributed by atoms with E-state index in [-0.39, 0.29) is 19.0 Å². The average Bonchev–Trinajstić information content (AvgIpc) is 3.56. The molecule has 0 radical (unpaired) electrons. The maximum absolute atomic E-state index is 13.8. The summed E-state index contributed by atoms with van der Waals surface area (Å²) in [5.74, 6) is 1.36. The fraction of sp³-hybridized carbons (Fsp3) is 0.194. The molecule has 41 heavy (non-hydrogen) atoms. The first-order valence-corrected chi connectivity index (χ1v) is 14.2. The molecule has 0 spiro atoms. The van der Waals surface area contributed by atoms with Gasteiger partial charge in [-0.25, -0.2) is 9.79 Å². The summed E-state index contributed by atoms with van der Waals surface area (Å²) in [6.07, 6.45) is 1.81. The van der Waals surface area contributed by atoms with E-state index in [0.29, 0.717) is 55.0 Å². The largest absolute Gasteiger partial charge is 0.489 e. The fourth-order valence-electron chi connectivity index (χ4n) is 4.75. The van der Waals surface area contributed by atoms with Gasteiger partial charge in [0.1, 0.15) is 12.4 Å². The first-order valence-electron chi connectivity index (χ1n) is 13.0. The molecule has 4 aromatic rings. The number of halogens is 1. The molecule has 1 aromatic heterocycles. The van der Waals surface area contributed by atoms with Crippen molar-refractivity contribution in [1.82, 2.24) is 4.57 Å². The number of allylic oxidation sites excluding steroid dienone is 1. The highest BCUT2D eigenvalue weighted by Crippen LogP contribution is 2.38. The maximum Gasteiger partial charge on any atom is 0.338 e. The highest BCUT2D eigenvalue weighted by atomic mass is 35.5. The van der Waals surface area contributed by atoms with Crippen molar-refractivity contribution in [2.75, 3.05) is 13.4 Å². The van der Waals surface area contributed by atoms with Gasteiger partial charge in [0.25, 0.3) is 5.56 Å². The first-order chi connectivity index (χ1) is 19.9. The van der Waals surface area contributed by atoms with Crippen LogP contribution in [0.3, 0.4) is 0 Å². The molecule has 10 heteroatoms. The van der Waals surface area contributed by atoms with Crippen LogP contribution in [0.2, 0.25) is 5.02 Å². The number of carbonyl (C=O) groups is 1. The summed E-state index contributed by atoms with van der Waals surface area (Å²) in [6, 6.07) is 19.7. The lowest BCUT2D eigenvalue weighted by molar-refractivity contribution is -0.139. The molecule has 208 valence electrons. The van der Waals surface area contributed by atoms with Crippen LogP contribution in [-0.4, -0.2) is 23.9 Å². The number of thiazole rings is 1. The predicted octanol–water partition coefficient (Wildman–Crippen LogP) is 4.76. The third kappa shape index (κ3) is 5.38. The SMILES string of the molecule is CCOC(=O)C1=C(C)N=c2s/c(=C\c3ccc(OCc4ccc(Cl)cc4)cc3)c(=O)n2C1c1ccc2c(c1)OCO2. The summed E-state index contributed by atoms with van der Waals surface area (Å²) < 4.78 is 24.3. The summed E-state index contributed by atoms with van der Waals surface area (Å²) in [4.78, 5) is 32.1. The van der Waals surface area contributed by atoms with Crippen LogP contribution < -0.4 is 29.1 Å². The lowest BCUT2D eigenvalue weighted by atomic mass is 9.95. The summed E-state index contributed by atoms with van der Waals surface area (Å²) in [6.45, 7) is 4.23. The Balaban J connectivity index is 1.35. The molecule has 0 fully saturated rings. The first kappa shape index (κ1) is 26.9. The van der Waals surface area contributed by atoms with E-state index in [1.807, 2.05) is 60.7 Å². The van der Waals surface area contributed by atoms with Gasteiger partial charge in [-0.2, -0.15) is 0 Å². The molecular formula is C31H25ClN2O6S. The van der Waals surface area contributed by atoms with E-state index >= 15 is 0 Å². The Bertz CT molecular complexity index is 1840. The Labute approximate surface area is 244 Å². The number of hydrogen-bond donors (Lipinski definition) is 0. The van der Waals surface area contributed by atoms with Crippen LogP contribution in [0.25, 0.3) is 6.08 Å². The maximum atomic E-state index is 13.8. The highest BCUT2D eigenvalue weighted by Gasteiger charge is 2.34. The zero-order valence-corrected chi connectivity index (χ0v) is 23.8. The standard InChI is InChI=1S/C31H25ClN2O6S/c1-3-37-30(36)27-18(2)33-31-34(28(27)21-8-13-24-25(15-21)40-17-39-24)29(35)26(41-31)14-19-6-11-23(12-7-19)38-16-20-4-9-22(32)10-5-20/h4-15,28H,3,16-17H2,1-2H3/b26-14-. The molecule has 0 amide bonds. The number of esters is 1. The average molecular weight is 589 g/mol. The molecular weight excluding hydrogens is 564 g/mol. The molecule has 3 aromatic carbocycles. The number of benzene rings is 3. The van der Waals surface area contributed by atoms with Crippen LogP contribution in [0.1, 0.15) is 36.6 Å². The van der Waals surface area contributed by atoms with Crippen molar-refractivity contribution >= 4 is 35.0 Å². The second kappa shape index (κ2) is 11.3. The monoisotopic (exact) mass is 588 g/mol. The van der Waals surface area contributed by atoms with Crippen molar-refractivity contribution < 1.29 is 23.7 Å². The second-order valence-corrected chi connectivity index (χ2v) is 10.8. The Morgan fingerprint density at radius 1 is 1.10 bits per heavy atom. The normalized spacial score (nSPS) is 15.9. The molecule has 8 nitrogen and oxygen atoms in total. The summed E-state index contributed by atoms with van der Waals surface area (Å²) in [5.41, 5.74) is 3.09. The van der Waals surface area contributed by atoms with Gasteiger partial charge in [-0.3, -0.25) is 9.36 Å². The van der Waals surface area contributed by atoms with E-state index in [9.17, 15) is 9.59 Å². The van der Waals surface area contributed by atoms with E-state index in [2.05, 4.69) is 4.99 Å². The minimum Gasteiger partial charge on any atom is -0.489 e. The molecule has 0 saturated heterocycles. The Hall–Kier alpha value is -4.34. The molecule has 0 bridgehead atoms. The minimum atomic E-state index is -0.731. The quantitative estimate of drug-likeness (QED) is 0.289. The van der Waals surface area contributed by atoms with Crippen molar-refractivity contribution in [3.63, 3.8) is 0 Å². The number of aromatic nitrogens is 1. The third-order valence-corrected chi connectivity index (χ3v) is 7.96. The van der Waals surface area contributed by atoms with Crippen molar-refractivity contribution in [3.8, 4) is 17.2 Å². The van der Waals surface area contributed by atoms with Crippen molar-refractivity contribution in [2.24, 2.45) is 4.99 Å². The molecule has 0 saturated carbocycles. The zero-order valence-electron chi connectivity index (χ0n) is 22.3. The van der Waals surface area contributed by atoms with Crippen LogP contribution in [0.4, 0.5) is 0 Å². The van der Waals surface area contributed by atoms with Gasteiger partial charge < -0.3 is 18.9 Å². The molecule has 1 unspecified atom stereocenters. The van der Waals surface area contributed by atoms with E-state index < -0.39 is 12.0 Å². The van der Waals surface area contributed by atoms with Gasteiger partial charge >= 0.3 is 5.97 Å². The molecule has 3 heterocycles. The van der Waals surface area contributed by atoms with Gasteiger partial charge in [0, 0.05) is 5.02 Å². The third-order valence-electron chi connectivity index (χ3n) is 6.73. The van der Waals surface area contributed by atoms with Gasteiger partial charge in [0.2, 0.25) is 6.79 Å². The number of carbonyl (C=O) groups excluding carboxylic acids is 1. The van der Waals surface area contributed by atoms with Crippen LogP contribution in [-0.2, 0) is 16.1 Å². The van der Waals surface area contributed by atoms with Crippen LogP contribution in [0.15, 0.2) is 87.8 Å². The smallest absolute Gasteiger partial charge is 0.338 e. The predicted molar refractivity (Wildman–Crippen MR) is 155 cm³/mol. The number of ether oxygens (including phenoxy) is 4. The van der Waals surface area contributed by atoms with Crippen LogP contribution in [0.5, 0.6) is 17.2 Å². The van der Waals surface area contributed by atoms with Gasteiger partial charge in [-0.15, -0.1) is 0 Å². The lowest BCUT2D eigenvalue weighted by Gasteiger charge is -2.24.